The third-order valence-corrected chi connectivity index (χ3v) is 6.96. The monoisotopic (exact) mass is 398 g/mol. The quantitative estimate of drug-likeness (QED) is 0.416. The van der Waals surface area contributed by atoms with Gasteiger partial charge in [0.05, 0.1) is 0 Å². The molecule has 2 aliphatic carbocycles. The zero-order chi connectivity index (χ0) is 18.4. The Morgan fingerprint density at radius 3 is 1.73 bits per heavy atom. The van der Waals surface area contributed by atoms with E-state index in [0.29, 0.717) is 0 Å². The highest BCUT2D eigenvalue weighted by molar-refractivity contribution is 9.10. The predicted molar refractivity (Wildman–Crippen MR) is 115 cm³/mol. The van der Waals surface area contributed by atoms with E-state index >= 15 is 0 Å². The smallest absolute Gasteiger partial charge is 0.0963 e. The molecule has 26 heavy (non-hydrogen) atoms. The van der Waals surface area contributed by atoms with E-state index in [9.17, 15) is 0 Å². The van der Waals surface area contributed by atoms with Crippen LogP contribution in [-0.4, -0.2) is 7.85 Å². The molecule has 0 fully saturated rings. The van der Waals surface area contributed by atoms with Crippen LogP contribution in [0.4, 0.5) is 0 Å². The molecule has 0 atom stereocenters. The minimum Gasteiger partial charge on any atom is -0.0963 e. The van der Waals surface area contributed by atoms with Crippen molar-refractivity contribution in [2.24, 2.45) is 0 Å². The first-order chi connectivity index (χ1) is 12.2. The predicted octanol–water partition coefficient (Wildman–Crippen LogP) is 5.86. The summed E-state index contributed by atoms with van der Waals surface area (Å²) in [4.78, 5) is 0. The van der Waals surface area contributed by atoms with Crippen molar-refractivity contribution < 1.29 is 0 Å². The van der Waals surface area contributed by atoms with Crippen molar-refractivity contribution in [3.63, 3.8) is 0 Å². The molecule has 0 heterocycles. The average Bonchev–Trinajstić information content (AvgIpc) is 2.95. The van der Waals surface area contributed by atoms with Crippen LogP contribution in [-0.2, 0) is 10.8 Å². The van der Waals surface area contributed by atoms with Gasteiger partial charge in [0.1, 0.15) is 7.85 Å². The lowest BCUT2D eigenvalue weighted by Crippen LogP contribution is -2.18. The zero-order valence-electron chi connectivity index (χ0n) is 15.6. The Morgan fingerprint density at radius 2 is 1.15 bits per heavy atom. The molecule has 2 aliphatic rings. The lowest BCUT2D eigenvalue weighted by Gasteiger charge is -2.24. The fourth-order valence-electron chi connectivity index (χ4n) is 5.04. The van der Waals surface area contributed by atoms with E-state index in [1.54, 1.807) is 0 Å². The van der Waals surface area contributed by atoms with Crippen LogP contribution in [0.15, 0.2) is 53.0 Å². The summed E-state index contributed by atoms with van der Waals surface area (Å²) < 4.78 is 1.14. The molecule has 0 nitrogen and oxygen atoms in total. The standard InChI is InChI=1S/C24H20BBr/c1-23(2)17-9-10-18-22(21(17)15-7-5-13(25)11-19(15)23)16-8-6-14(26)12-20(16)24(18,3)4/h5-12H,1-4H3. The third kappa shape index (κ3) is 1.86. The summed E-state index contributed by atoms with van der Waals surface area (Å²) in [5.74, 6) is 0. The molecular formula is C24H20BBr. The number of halogens is 1. The van der Waals surface area contributed by atoms with Gasteiger partial charge >= 0.3 is 0 Å². The van der Waals surface area contributed by atoms with E-state index in [-0.39, 0.29) is 10.8 Å². The Kier molecular flexibility index (Phi) is 3.10. The molecule has 3 aromatic rings. The molecule has 0 aliphatic heterocycles. The van der Waals surface area contributed by atoms with Crippen molar-refractivity contribution in [2.75, 3.05) is 0 Å². The summed E-state index contributed by atoms with van der Waals surface area (Å²) >= 11 is 3.66. The first-order valence-corrected chi connectivity index (χ1v) is 9.91. The van der Waals surface area contributed by atoms with Gasteiger partial charge in [0, 0.05) is 15.3 Å². The molecule has 2 heteroatoms. The molecule has 5 rings (SSSR count). The van der Waals surface area contributed by atoms with E-state index in [2.05, 4.69) is 86.1 Å². The number of hydrogen-bond donors (Lipinski definition) is 0. The van der Waals surface area contributed by atoms with E-state index in [4.69, 9.17) is 7.85 Å². The molecule has 0 unspecified atom stereocenters. The molecule has 0 amide bonds. The molecule has 3 aromatic carbocycles. The van der Waals surface area contributed by atoms with Gasteiger partial charge in [-0.25, -0.2) is 0 Å². The molecule has 126 valence electrons. The highest BCUT2D eigenvalue weighted by Gasteiger charge is 2.43. The van der Waals surface area contributed by atoms with Gasteiger partial charge in [0.25, 0.3) is 0 Å². The summed E-state index contributed by atoms with van der Waals surface area (Å²) in [5, 5.41) is 0. The van der Waals surface area contributed by atoms with Crippen molar-refractivity contribution in [3.8, 4) is 22.3 Å². The van der Waals surface area contributed by atoms with Gasteiger partial charge in [-0.2, -0.15) is 0 Å². The molecule has 0 aromatic heterocycles. The molecule has 0 saturated carbocycles. The Morgan fingerprint density at radius 1 is 0.654 bits per heavy atom. The van der Waals surface area contributed by atoms with E-state index < -0.39 is 0 Å². The van der Waals surface area contributed by atoms with E-state index in [1.165, 1.54) is 44.5 Å². The maximum Gasteiger partial charge on any atom is 0.113 e. The van der Waals surface area contributed by atoms with Gasteiger partial charge in [-0.1, -0.05) is 85.5 Å². The lowest BCUT2D eigenvalue weighted by atomic mass is 9.78. The van der Waals surface area contributed by atoms with Crippen molar-refractivity contribution in [1.82, 2.24) is 0 Å². The second-order valence-corrected chi connectivity index (χ2v) is 9.57. The van der Waals surface area contributed by atoms with Gasteiger partial charge in [-0.3, -0.25) is 0 Å². The largest absolute Gasteiger partial charge is 0.113 e. The Balaban J connectivity index is 1.94. The van der Waals surface area contributed by atoms with Gasteiger partial charge in [0.2, 0.25) is 0 Å². The van der Waals surface area contributed by atoms with Crippen molar-refractivity contribution in [1.29, 1.82) is 0 Å². The zero-order valence-corrected chi connectivity index (χ0v) is 17.2. The lowest BCUT2D eigenvalue weighted by molar-refractivity contribution is 0.651. The second-order valence-electron chi connectivity index (χ2n) is 8.66. The summed E-state index contributed by atoms with van der Waals surface area (Å²) in [6, 6.07) is 17.8. The molecule has 0 bridgehead atoms. The molecular weight excluding hydrogens is 379 g/mol. The third-order valence-electron chi connectivity index (χ3n) is 6.46. The van der Waals surface area contributed by atoms with Gasteiger partial charge in [0.15, 0.2) is 0 Å². The van der Waals surface area contributed by atoms with Crippen LogP contribution in [0.3, 0.4) is 0 Å². The minimum atomic E-state index is -0.0304. The van der Waals surface area contributed by atoms with Crippen LogP contribution in [0.2, 0.25) is 0 Å². The summed E-state index contributed by atoms with van der Waals surface area (Å²) in [7, 11) is 6.13. The first kappa shape index (κ1) is 16.4. The van der Waals surface area contributed by atoms with Crippen molar-refractivity contribution in [3.05, 3.63) is 75.3 Å². The molecule has 2 radical (unpaired) electrons. The molecule has 0 saturated heterocycles. The maximum absolute atomic E-state index is 6.13. The topological polar surface area (TPSA) is 0 Å². The summed E-state index contributed by atoms with van der Waals surface area (Å²) in [5.41, 5.74) is 11.9. The molecule has 0 N–H and O–H groups in total. The summed E-state index contributed by atoms with van der Waals surface area (Å²) in [6.45, 7) is 9.29. The van der Waals surface area contributed by atoms with Crippen LogP contribution in [0.1, 0.15) is 49.9 Å². The van der Waals surface area contributed by atoms with Gasteiger partial charge in [-0.05, 0) is 56.6 Å². The normalized spacial score (nSPS) is 17.4. The van der Waals surface area contributed by atoms with Crippen LogP contribution < -0.4 is 5.46 Å². The van der Waals surface area contributed by atoms with Crippen molar-refractivity contribution >= 4 is 29.2 Å². The van der Waals surface area contributed by atoms with Gasteiger partial charge < -0.3 is 0 Å². The Bertz CT molecular complexity index is 1020. The fraction of sp³-hybridized carbons (Fsp3) is 0.250. The molecule has 0 spiro atoms. The van der Waals surface area contributed by atoms with Crippen LogP contribution in [0, 0.1) is 0 Å². The summed E-state index contributed by atoms with van der Waals surface area (Å²) in [6.07, 6.45) is 0. The maximum atomic E-state index is 6.13. The van der Waals surface area contributed by atoms with Crippen LogP contribution in [0.25, 0.3) is 22.3 Å². The number of fused-ring (bicyclic) bond motifs is 7. The van der Waals surface area contributed by atoms with E-state index in [0.717, 1.165) is 9.94 Å². The SMILES string of the molecule is [B]c1ccc2c(c1)C(C)(C)c1ccc3c(c1-2)-c1ccc(Br)cc1C3(C)C. The van der Waals surface area contributed by atoms with Crippen LogP contribution in [0.5, 0.6) is 0 Å². The van der Waals surface area contributed by atoms with Gasteiger partial charge in [-0.15, -0.1) is 0 Å². The van der Waals surface area contributed by atoms with Crippen LogP contribution >= 0.6 is 15.9 Å². The number of hydrogen-bond acceptors (Lipinski definition) is 0. The van der Waals surface area contributed by atoms with E-state index in [1.807, 2.05) is 6.07 Å². The highest BCUT2D eigenvalue weighted by Crippen LogP contribution is 2.58. The second kappa shape index (κ2) is 4.92. The Labute approximate surface area is 165 Å². The minimum absolute atomic E-state index is 0.00415. The van der Waals surface area contributed by atoms with Crippen molar-refractivity contribution in [2.45, 2.75) is 38.5 Å². The fourth-order valence-corrected chi connectivity index (χ4v) is 5.40. The average molecular weight is 399 g/mol. The number of rotatable bonds is 0. The Hall–Kier alpha value is -1.80. The first-order valence-electron chi connectivity index (χ1n) is 9.11. The number of benzene rings is 3. The highest BCUT2D eigenvalue weighted by atomic mass is 79.9.